The SMILES string of the molecule is CCn1c(CBr)nnc1Cc1cccc(F)c1. The van der Waals surface area contributed by atoms with Crippen molar-refractivity contribution in [1.29, 1.82) is 0 Å². The van der Waals surface area contributed by atoms with Gasteiger partial charge in [-0.2, -0.15) is 0 Å². The van der Waals surface area contributed by atoms with Crippen molar-refractivity contribution in [2.45, 2.75) is 25.2 Å². The molecule has 0 aliphatic rings. The number of hydrogen-bond acceptors (Lipinski definition) is 2. The summed E-state index contributed by atoms with van der Waals surface area (Å²) in [5, 5.41) is 8.92. The van der Waals surface area contributed by atoms with Gasteiger partial charge in [-0.3, -0.25) is 0 Å². The molecule has 0 unspecified atom stereocenters. The predicted molar refractivity (Wildman–Crippen MR) is 67.5 cm³/mol. The van der Waals surface area contributed by atoms with Gasteiger partial charge in [-0.1, -0.05) is 28.1 Å². The normalized spacial score (nSPS) is 10.8. The standard InChI is InChI=1S/C12H13BrFN3/c1-2-17-11(15-16-12(17)8-13)7-9-4-3-5-10(14)6-9/h3-6H,2,7-8H2,1H3. The Morgan fingerprint density at radius 1 is 1.29 bits per heavy atom. The predicted octanol–water partition coefficient (Wildman–Crippen LogP) is 2.92. The van der Waals surface area contributed by atoms with E-state index in [1.54, 1.807) is 6.07 Å². The molecular formula is C12H13BrFN3. The van der Waals surface area contributed by atoms with E-state index < -0.39 is 0 Å². The van der Waals surface area contributed by atoms with E-state index in [1.807, 2.05) is 17.6 Å². The van der Waals surface area contributed by atoms with Crippen LogP contribution in [0, 0.1) is 5.82 Å². The van der Waals surface area contributed by atoms with Gasteiger partial charge >= 0.3 is 0 Å². The Balaban J connectivity index is 2.27. The molecule has 17 heavy (non-hydrogen) atoms. The molecule has 5 heteroatoms. The molecule has 0 saturated carbocycles. The van der Waals surface area contributed by atoms with Gasteiger partial charge in [0.25, 0.3) is 0 Å². The van der Waals surface area contributed by atoms with Crippen LogP contribution in [0.4, 0.5) is 4.39 Å². The summed E-state index contributed by atoms with van der Waals surface area (Å²) in [4.78, 5) is 0. The van der Waals surface area contributed by atoms with Crippen molar-refractivity contribution in [3.8, 4) is 0 Å². The lowest BCUT2D eigenvalue weighted by Gasteiger charge is -2.06. The van der Waals surface area contributed by atoms with E-state index in [1.165, 1.54) is 12.1 Å². The lowest BCUT2D eigenvalue weighted by Crippen LogP contribution is -2.05. The van der Waals surface area contributed by atoms with E-state index in [4.69, 9.17) is 0 Å². The molecule has 0 radical (unpaired) electrons. The van der Waals surface area contributed by atoms with Crippen molar-refractivity contribution >= 4 is 15.9 Å². The fraction of sp³-hybridized carbons (Fsp3) is 0.333. The molecule has 1 aromatic carbocycles. The average Bonchev–Trinajstić information content (AvgIpc) is 2.71. The van der Waals surface area contributed by atoms with Gasteiger partial charge in [0.05, 0.1) is 5.33 Å². The third-order valence-electron chi connectivity index (χ3n) is 2.59. The lowest BCUT2D eigenvalue weighted by atomic mass is 10.1. The van der Waals surface area contributed by atoms with Crippen LogP contribution in [-0.4, -0.2) is 14.8 Å². The van der Waals surface area contributed by atoms with E-state index in [0.29, 0.717) is 11.8 Å². The van der Waals surface area contributed by atoms with E-state index in [9.17, 15) is 4.39 Å². The lowest BCUT2D eigenvalue weighted by molar-refractivity contribution is 0.624. The van der Waals surface area contributed by atoms with Crippen LogP contribution in [-0.2, 0) is 18.3 Å². The summed E-state index contributed by atoms with van der Waals surface area (Å²) in [7, 11) is 0. The zero-order chi connectivity index (χ0) is 12.3. The molecule has 0 fully saturated rings. The maximum absolute atomic E-state index is 13.1. The maximum atomic E-state index is 13.1. The molecule has 0 amide bonds. The Kier molecular flexibility index (Phi) is 3.89. The molecule has 2 rings (SSSR count). The molecule has 0 atom stereocenters. The largest absolute Gasteiger partial charge is 0.314 e. The van der Waals surface area contributed by atoms with Crippen molar-refractivity contribution in [2.24, 2.45) is 0 Å². The number of aromatic nitrogens is 3. The second kappa shape index (κ2) is 5.40. The molecule has 3 nitrogen and oxygen atoms in total. The Morgan fingerprint density at radius 3 is 2.71 bits per heavy atom. The van der Waals surface area contributed by atoms with Crippen LogP contribution in [0.5, 0.6) is 0 Å². The minimum absolute atomic E-state index is 0.217. The number of halogens is 2. The third kappa shape index (κ3) is 2.72. The van der Waals surface area contributed by atoms with E-state index in [-0.39, 0.29) is 5.82 Å². The van der Waals surface area contributed by atoms with Gasteiger partial charge in [-0.05, 0) is 24.6 Å². The highest BCUT2D eigenvalue weighted by molar-refractivity contribution is 9.08. The average molecular weight is 298 g/mol. The second-order valence-corrected chi connectivity index (χ2v) is 4.28. The third-order valence-corrected chi connectivity index (χ3v) is 3.09. The summed E-state index contributed by atoms with van der Waals surface area (Å²) in [6.45, 7) is 2.86. The van der Waals surface area contributed by atoms with Gasteiger partial charge in [-0.25, -0.2) is 4.39 Å². The first-order chi connectivity index (χ1) is 8.24. The fourth-order valence-corrected chi connectivity index (χ4v) is 2.21. The summed E-state index contributed by atoms with van der Waals surface area (Å²) in [6.07, 6.45) is 0.603. The van der Waals surface area contributed by atoms with Crippen molar-refractivity contribution < 1.29 is 4.39 Å². The van der Waals surface area contributed by atoms with Crippen molar-refractivity contribution in [3.05, 3.63) is 47.3 Å². The monoisotopic (exact) mass is 297 g/mol. The van der Waals surface area contributed by atoms with Crippen LogP contribution < -0.4 is 0 Å². The molecule has 0 saturated heterocycles. The second-order valence-electron chi connectivity index (χ2n) is 3.72. The zero-order valence-corrected chi connectivity index (χ0v) is 11.1. The highest BCUT2D eigenvalue weighted by Crippen LogP contribution is 2.12. The van der Waals surface area contributed by atoms with Crippen molar-refractivity contribution in [1.82, 2.24) is 14.8 Å². The minimum Gasteiger partial charge on any atom is -0.314 e. The Morgan fingerprint density at radius 2 is 2.06 bits per heavy atom. The summed E-state index contributed by atoms with van der Waals surface area (Å²) in [5.74, 6) is 1.55. The molecule has 1 heterocycles. The minimum atomic E-state index is -0.217. The molecule has 2 aromatic rings. The van der Waals surface area contributed by atoms with Crippen molar-refractivity contribution in [3.63, 3.8) is 0 Å². The van der Waals surface area contributed by atoms with Crippen LogP contribution in [0.2, 0.25) is 0 Å². The van der Waals surface area contributed by atoms with Gasteiger partial charge in [0, 0.05) is 13.0 Å². The summed E-state index contributed by atoms with van der Waals surface area (Å²) < 4.78 is 15.1. The van der Waals surface area contributed by atoms with Gasteiger partial charge in [0.2, 0.25) is 0 Å². The fourth-order valence-electron chi connectivity index (χ4n) is 1.80. The quantitative estimate of drug-likeness (QED) is 0.813. The number of nitrogens with zero attached hydrogens (tertiary/aromatic N) is 3. The molecule has 1 aromatic heterocycles. The van der Waals surface area contributed by atoms with Crippen LogP contribution in [0.15, 0.2) is 24.3 Å². The molecular weight excluding hydrogens is 285 g/mol. The first-order valence-electron chi connectivity index (χ1n) is 5.46. The van der Waals surface area contributed by atoms with Crippen LogP contribution in [0.1, 0.15) is 24.1 Å². The van der Waals surface area contributed by atoms with Crippen LogP contribution >= 0.6 is 15.9 Å². The number of rotatable bonds is 4. The maximum Gasteiger partial charge on any atom is 0.143 e. The summed E-state index contributed by atoms with van der Waals surface area (Å²) >= 11 is 3.38. The van der Waals surface area contributed by atoms with Gasteiger partial charge in [0.15, 0.2) is 0 Å². The molecule has 0 aliphatic heterocycles. The molecule has 90 valence electrons. The molecule has 0 N–H and O–H groups in total. The van der Waals surface area contributed by atoms with Crippen LogP contribution in [0.25, 0.3) is 0 Å². The highest BCUT2D eigenvalue weighted by Gasteiger charge is 2.10. The van der Waals surface area contributed by atoms with Gasteiger partial charge in [0.1, 0.15) is 17.5 Å². The van der Waals surface area contributed by atoms with Crippen molar-refractivity contribution in [2.75, 3.05) is 0 Å². The zero-order valence-electron chi connectivity index (χ0n) is 9.53. The Hall–Kier alpha value is -1.23. The topological polar surface area (TPSA) is 30.7 Å². The van der Waals surface area contributed by atoms with E-state index in [0.717, 1.165) is 23.8 Å². The Labute approximate surface area is 108 Å². The smallest absolute Gasteiger partial charge is 0.143 e. The highest BCUT2D eigenvalue weighted by atomic mass is 79.9. The first-order valence-corrected chi connectivity index (χ1v) is 6.58. The molecule has 0 bridgehead atoms. The van der Waals surface area contributed by atoms with Crippen LogP contribution in [0.3, 0.4) is 0 Å². The number of benzene rings is 1. The van der Waals surface area contributed by atoms with E-state index in [2.05, 4.69) is 26.1 Å². The van der Waals surface area contributed by atoms with E-state index >= 15 is 0 Å². The number of hydrogen-bond donors (Lipinski definition) is 0. The first kappa shape index (κ1) is 12.2. The summed E-state index contributed by atoms with van der Waals surface area (Å²) in [5.41, 5.74) is 0.910. The molecule has 0 aliphatic carbocycles. The molecule has 0 spiro atoms. The van der Waals surface area contributed by atoms with Gasteiger partial charge in [-0.15, -0.1) is 10.2 Å². The summed E-state index contributed by atoms with van der Waals surface area (Å²) in [6, 6.07) is 6.58. The van der Waals surface area contributed by atoms with Gasteiger partial charge < -0.3 is 4.57 Å². The number of alkyl halides is 1. The Bertz CT molecular complexity index is 510.